The Bertz CT molecular complexity index is 2000. The Labute approximate surface area is 285 Å². The number of nitrogens with zero attached hydrogens (tertiary/aromatic N) is 4. The highest BCUT2D eigenvalue weighted by molar-refractivity contribution is 5.98. The Balaban J connectivity index is 1.06. The average Bonchev–Trinajstić information content (AvgIpc) is 3.91. The quantitative estimate of drug-likeness (QED) is 0.175. The Hall–Kier alpha value is -5.25. The van der Waals surface area contributed by atoms with Gasteiger partial charge in [-0.1, -0.05) is 50.2 Å². The van der Waals surface area contributed by atoms with Gasteiger partial charge in [-0.05, 0) is 80.0 Å². The standard InChI is InChI=1S/C39H42N6O4/c1-24(2)19-35(46)45-18-8-12-33(45)38(48)43-30-22-28(14-13-25(30)3)39-40-23-34(49-39)27-15-16-29-31(21-27)42-37(41-29)32-11-7-17-44(32)36(47)20-26-9-5-4-6-10-26/h4-6,9-10,13-16,21-24,32-33H,7-8,11-12,17-20H2,1-3H3,(H,41,42)(H,43,48)/t32-,33-/m0/s1. The predicted molar refractivity (Wildman–Crippen MR) is 188 cm³/mol. The minimum atomic E-state index is -0.466. The van der Waals surface area contributed by atoms with E-state index in [0.29, 0.717) is 43.1 Å². The first-order valence-electron chi connectivity index (χ1n) is 17.2. The number of hydrogen-bond acceptors (Lipinski definition) is 6. The summed E-state index contributed by atoms with van der Waals surface area (Å²) < 4.78 is 6.24. The Kier molecular flexibility index (Phi) is 9.03. The van der Waals surface area contributed by atoms with Crippen LogP contribution in [0.2, 0.25) is 0 Å². The fourth-order valence-electron chi connectivity index (χ4n) is 7.01. The molecule has 2 aliphatic rings. The van der Waals surface area contributed by atoms with Gasteiger partial charge in [0, 0.05) is 36.3 Å². The first kappa shape index (κ1) is 32.3. The van der Waals surface area contributed by atoms with E-state index in [2.05, 4.69) is 15.3 Å². The predicted octanol–water partition coefficient (Wildman–Crippen LogP) is 7.08. The molecule has 0 bridgehead atoms. The van der Waals surface area contributed by atoms with Crippen molar-refractivity contribution < 1.29 is 18.8 Å². The van der Waals surface area contributed by atoms with Gasteiger partial charge in [0.25, 0.3) is 0 Å². The van der Waals surface area contributed by atoms with Crippen LogP contribution in [0.1, 0.15) is 68.9 Å². The molecule has 0 unspecified atom stereocenters. The number of oxazole rings is 1. The number of H-pyrrole nitrogens is 1. The number of aryl methyl sites for hydroxylation is 1. The van der Waals surface area contributed by atoms with Crippen LogP contribution in [0.3, 0.4) is 0 Å². The molecule has 252 valence electrons. The largest absolute Gasteiger partial charge is 0.436 e. The first-order chi connectivity index (χ1) is 23.7. The zero-order chi connectivity index (χ0) is 34.1. The van der Waals surface area contributed by atoms with Crippen LogP contribution in [0.15, 0.2) is 77.3 Å². The van der Waals surface area contributed by atoms with E-state index < -0.39 is 6.04 Å². The molecule has 2 fully saturated rings. The van der Waals surface area contributed by atoms with Crippen molar-refractivity contribution in [3.8, 4) is 22.8 Å². The molecule has 3 aromatic carbocycles. The molecule has 7 rings (SSSR count). The second-order valence-electron chi connectivity index (χ2n) is 13.7. The van der Waals surface area contributed by atoms with E-state index in [0.717, 1.165) is 64.9 Å². The number of nitrogens with one attached hydrogen (secondary N) is 2. The number of anilines is 1. The van der Waals surface area contributed by atoms with Gasteiger partial charge in [0.15, 0.2) is 5.76 Å². The van der Waals surface area contributed by atoms with Gasteiger partial charge in [0.1, 0.15) is 11.9 Å². The highest BCUT2D eigenvalue weighted by Crippen LogP contribution is 2.34. The third kappa shape index (κ3) is 6.86. The molecule has 2 aromatic heterocycles. The van der Waals surface area contributed by atoms with Gasteiger partial charge in [0.05, 0.1) is 29.7 Å². The summed E-state index contributed by atoms with van der Waals surface area (Å²) in [6.07, 6.45) is 5.80. The Morgan fingerprint density at radius 2 is 1.71 bits per heavy atom. The van der Waals surface area contributed by atoms with Crippen LogP contribution >= 0.6 is 0 Å². The second kappa shape index (κ2) is 13.7. The summed E-state index contributed by atoms with van der Waals surface area (Å²) in [6, 6.07) is 20.9. The van der Waals surface area contributed by atoms with E-state index in [1.54, 1.807) is 11.1 Å². The van der Waals surface area contributed by atoms with Crippen LogP contribution < -0.4 is 5.32 Å². The van der Waals surface area contributed by atoms with Crippen LogP contribution in [0.25, 0.3) is 33.8 Å². The molecule has 4 heterocycles. The molecule has 2 aliphatic heterocycles. The molecular weight excluding hydrogens is 616 g/mol. The summed E-state index contributed by atoms with van der Waals surface area (Å²) in [6.45, 7) is 7.30. The molecule has 2 atom stereocenters. The smallest absolute Gasteiger partial charge is 0.247 e. The van der Waals surface area contributed by atoms with Crippen molar-refractivity contribution >= 4 is 34.4 Å². The van der Waals surface area contributed by atoms with Crippen LogP contribution in [-0.2, 0) is 20.8 Å². The number of fused-ring (bicyclic) bond motifs is 1. The number of aromatic nitrogens is 3. The van der Waals surface area contributed by atoms with E-state index in [1.165, 1.54) is 0 Å². The van der Waals surface area contributed by atoms with Gasteiger partial charge in [-0.15, -0.1) is 0 Å². The van der Waals surface area contributed by atoms with Crippen molar-refractivity contribution in [3.05, 3.63) is 89.9 Å². The minimum Gasteiger partial charge on any atom is -0.436 e. The maximum Gasteiger partial charge on any atom is 0.247 e. The van der Waals surface area contributed by atoms with Gasteiger partial charge >= 0.3 is 0 Å². The van der Waals surface area contributed by atoms with Crippen LogP contribution in [0.4, 0.5) is 5.69 Å². The SMILES string of the molecule is Cc1ccc(-c2ncc(-c3ccc4nc([C@@H]5CCCN5C(=O)Cc5ccccc5)[nH]c4c3)o2)cc1NC(=O)[C@@H]1CCCN1C(=O)CC(C)C. The molecule has 10 nitrogen and oxygen atoms in total. The number of hydrogen-bond donors (Lipinski definition) is 2. The van der Waals surface area contributed by atoms with Gasteiger partial charge < -0.3 is 24.5 Å². The lowest BCUT2D eigenvalue weighted by atomic mass is 10.1. The number of likely N-dealkylation sites (tertiary alicyclic amines) is 2. The van der Waals surface area contributed by atoms with Crippen molar-refractivity contribution in [2.75, 3.05) is 18.4 Å². The van der Waals surface area contributed by atoms with Gasteiger partial charge in [-0.3, -0.25) is 14.4 Å². The van der Waals surface area contributed by atoms with Crippen LogP contribution in [-0.4, -0.2) is 61.6 Å². The fraction of sp³-hybridized carbons (Fsp3) is 0.359. The number of carbonyl (C=O) groups is 3. The van der Waals surface area contributed by atoms with E-state index in [4.69, 9.17) is 9.40 Å². The van der Waals surface area contributed by atoms with Crippen molar-refractivity contribution in [2.45, 2.75) is 71.4 Å². The Morgan fingerprint density at radius 1 is 0.939 bits per heavy atom. The third-order valence-electron chi connectivity index (χ3n) is 9.58. The normalized spacial score (nSPS) is 17.7. The number of imidazole rings is 1. The summed E-state index contributed by atoms with van der Waals surface area (Å²) in [5.74, 6) is 2.05. The first-order valence-corrected chi connectivity index (χ1v) is 17.2. The van der Waals surface area contributed by atoms with Gasteiger partial charge in [0.2, 0.25) is 23.6 Å². The summed E-state index contributed by atoms with van der Waals surface area (Å²) in [5, 5.41) is 3.07. The third-order valence-corrected chi connectivity index (χ3v) is 9.58. The molecule has 2 N–H and O–H groups in total. The second-order valence-corrected chi connectivity index (χ2v) is 13.7. The topological polar surface area (TPSA) is 124 Å². The number of aromatic amines is 1. The van der Waals surface area contributed by atoms with Crippen LogP contribution in [0, 0.1) is 12.8 Å². The summed E-state index contributed by atoms with van der Waals surface area (Å²) in [5.41, 5.74) is 5.85. The molecule has 5 aromatic rings. The highest BCUT2D eigenvalue weighted by Gasteiger charge is 2.35. The Morgan fingerprint density at radius 3 is 2.53 bits per heavy atom. The van der Waals surface area contributed by atoms with Gasteiger partial charge in [-0.25, -0.2) is 9.97 Å². The van der Waals surface area contributed by atoms with E-state index in [9.17, 15) is 14.4 Å². The highest BCUT2D eigenvalue weighted by atomic mass is 16.4. The molecule has 3 amide bonds. The molecular formula is C39H42N6O4. The van der Waals surface area contributed by atoms with Crippen molar-refractivity contribution in [1.29, 1.82) is 0 Å². The fourth-order valence-corrected chi connectivity index (χ4v) is 7.01. The number of carbonyl (C=O) groups excluding carboxylic acids is 3. The maximum absolute atomic E-state index is 13.4. The molecule has 10 heteroatoms. The molecule has 0 radical (unpaired) electrons. The lowest BCUT2D eigenvalue weighted by molar-refractivity contribution is -0.137. The molecule has 0 spiro atoms. The molecule has 49 heavy (non-hydrogen) atoms. The monoisotopic (exact) mass is 658 g/mol. The lowest BCUT2D eigenvalue weighted by Gasteiger charge is -2.25. The lowest BCUT2D eigenvalue weighted by Crippen LogP contribution is -2.43. The van der Waals surface area contributed by atoms with Crippen LogP contribution in [0.5, 0.6) is 0 Å². The van der Waals surface area contributed by atoms with Crippen molar-refractivity contribution in [1.82, 2.24) is 24.8 Å². The zero-order valence-electron chi connectivity index (χ0n) is 28.2. The number of amides is 3. The summed E-state index contributed by atoms with van der Waals surface area (Å²) in [7, 11) is 0. The van der Waals surface area contributed by atoms with E-state index >= 15 is 0 Å². The molecule has 0 aliphatic carbocycles. The number of benzene rings is 3. The van der Waals surface area contributed by atoms with E-state index in [1.807, 2.05) is 92.4 Å². The average molecular weight is 659 g/mol. The number of rotatable bonds is 9. The molecule has 2 saturated heterocycles. The minimum absolute atomic E-state index is 0.0319. The maximum atomic E-state index is 13.4. The zero-order valence-corrected chi connectivity index (χ0v) is 28.2. The van der Waals surface area contributed by atoms with Crippen molar-refractivity contribution in [3.63, 3.8) is 0 Å². The van der Waals surface area contributed by atoms with Crippen molar-refractivity contribution in [2.24, 2.45) is 5.92 Å². The van der Waals surface area contributed by atoms with E-state index in [-0.39, 0.29) is 29.7 Å². The summed E-state index contributed by atoms with van der Waals surface area (Å²) in [4.78, 5) is 55.9. The van der Waals surface area contributed by atoms with Gasteiger partial charge in [-0.2, -0.15) is 0 Å². The molecule has 0 saturated carbocycles. The summed E-state index contributed by atoms with van der Waals surface area (Å²) >= 11 is 0.